The molecule has 24 heavy (non-hydrogen) atoms. The van der Waals surface area contributed by atoms with Gasteiger partial charge in [-0.15, -0.1) is 0 Å². The zero-order chi connectivity index (χ0) is 16.9. The molecule has 6 heteroatoms. The third-order valence-electron chi connectivity index (χ3n) is 3.98. The van der Waals surface area contributed by atoms with Crippen molar-refractivity contribution in [2.75, 3.05) is 33.2 Å². The summed E-state index contributed by atoms with van der Waals surface area (Å²) in [5, 5.41) is 5.65. The molecule has 0 aliphatic carbocycles. The van der Waals surface area contributed by atoms with E-state index in [4.69, 9.17) is 19.2 Å². The number of rotatable bonds is 5. The molecule has 2 aromatic rings. The second-order valence-corrected chi connectivity index (χ2v) is 6.50. The Bertz CT molecular complexity index is 717. The lowest BCUT2D eigenvalue weighted by Crippen LogP contribution is -1.96. The number of thiazole rings is 1. The Hall–Kier alpha value is -2.21. The van der Waals surface area contributed by atoms with Gasteiger partial charge in [0.1, 0.15) is 10.0 Å². The predicted octanol–water partition coefficient (Wildman–Crippen LogP) is 4.09. The Morgan fingerprint density at radius 1 is 1.04 bits per heavy atom. The third-order valence-corrected chi connectivity index (χ3v) is 5.00. The van der Waals surface area contributed by atoms with Crippen LogP contribution in [0.3, 0.4) is 0 Å². The maximum absolute atomic E-state index is 5.51. The molecule has 3 rings (SSSR count). The van der Waals surface area contributed by atoms with Gasteiger partial charge in [-0.3, -0.25) is 0 Å². The Kier molecular flexibility index (Phi) is 5.25. The molecule has 2 heterocycles. The van der Waals surface area contributed by atoms with E-state index in [2.05, 4.69) is 5.32 Å². The van der Waals surface area contributed by atoms with Gasteiger partial charge >= 0.3 is 0 Å². The molecular weight excluding hydrogens is 324 g/mol. The van der Waals surface area contributed by atoms with Gasteiger partial charge in [0.05, 0.1) is 27.0 Å². The van der Waals surface area contributed by atoms with E-state index in [1.807, 2.05) is 24.3 Å². The minimum absolute atomic E-state index is 0.596. The van der Waals surface area contributed by atoms with Crippen molar-refractivity contribution in [1.82, 2.24) is 4.98 Å². The van der Waals surface area contributed by atoms with E-state index in [1.165, 1.54) is 23.5 Å². The number of aryl methyl sites for hydroxylation is 1. The summed E-state index contributed by atoms with van der Waals surface area (Å²) in [6.45, 7) is 1.03. The van der Waals surface area contributed by atoms with Crippen molar-refractivity contribution in [2.24, 2.45) is 0 Å². The summed E-state index contributed by atoms with van der Waals surface area (Å²) >= 11 is 1.69. The largest absolute Gasteiger partial charge is 0.493 e. The first-order valence-electron chi connectivity index (χ1n) is 7.97. The fourth-order valence-electron chi connectivity index (χ4n) is 2.79. The monoisotopic (exact) mass is 346 g/mol. The van der Waals surface area contributed by atoms with Gasteiger partial charge in [-0.2, -0.15) is 0 Å². The number of nitrogens with zero attached hydrogens (tertiary/aromatic N) is 1. The SMILES string of the molecule is COc1ccc(/C=C/c2nc3c(s2)NCCCC3)c(OC)c1OC. The molecule has 0 bridgehead atoms. The minimum Gasteiger partial charge on any atom is -0.493 e. The summed E-state index contributed by atoms with van der Waals surface area (Å²) in [6, 6.07) is 3.83. The Morgan fingerprint density at radius 2 is 1.88 bits per heavy atom. The molecule has 1 aliphatic rings. The molecule has 0 radical (unpaired) electrons. The second-order valence-electron chi connectivity index (χ2n) is 5.47. The van der Waals surface area contributed by atoms with E-state index < -0.39 is 0 Å². The first kappa shape index (κ1) is 16.6. The van der Waals surface area contributed by atoms with Gasteiger partial charge in [0.25, 0.3) is 0 Å². The Balaban J connectivity index is 1.89. The second kappa shape index (κ2) is 7.57. The van der Waals surface area contributed by atoms with Crippen LogP contribution in [0.4, 0.5) is 5.00 Å². The molecule has 0 fully saturated rings. The van der Waals surface area contributed by atoms with E-state index >= 15 is 0 Å². The number of aromatic nitrogens is 1. The smallest absolute Gasteiger partial charge is 0.203 e. The number of fused-ring (bicyclic) bond motifs is 1. The minimum atomic E-state index is 0.596. The van der Waals surface area contributed by atoms with Crippen LogP contribution in [0.2, 0.25) is 0 Å². The molecule has 0 amide bonds. The number of nitrogens with one attached hydrogen (secondary N) is 1. The van der Waals surface area contributed by atoms with Crippen LogP contribution in [0.1, 0.15) is 29.1 Å². The van der Waals surface area contributed by atoms with Crippen LogP contribution in [-0.2, 0) is 6.42 Å². The third kappa shape index (κ3) is 3.33. The van der Waals surface area contributed by atoms with Crippen LogP contribution >= 0.6 is 11.3 Å². The number of hydrogen-bond acceptors (Lipinski definition) is 6. The summed E-state index contributed by atoms with van der Waals surface area (Å²) in [7, 11) is 4.85. The van der Waals surface area contributed by atoms with Gasteiger partial charge in [-0.05, 0) is 43.5 Å². The van der Waals surface area contributed by atoms with Crippen molar-refractivity contribution in [3.8, 4) is 17.2 Å². The molecule has 1 N–H and O–H groups in total. The molecule has 0 atom stereocenters. The average Bonchev–Trinajstić information content (AvgIpc) is 2.87. The molecule has 0 saturated carbocycles. The van der Waals surface area contributed by atoms with Crippen LogP contribution in [-0.4, -0.2) is 32.9 Å². The lowest BCUT2D eigenvalue weighted by Gasteiger charge is -2.13. The van der Waals surface area contributed by atoms with Crippen LogP contribution in [0.15, 0.2) is 12.1 Å². The summed E-state index contributed by atoms with van der Waals surface area (Å²) in [5.41, 5.74) is 2.10. The van der Waals surface area contributed by atoms with Gasteiger partial charge in [0.15, 0.2) is 11.5 Å². The molecular formula is C18H22N2O3S. The summed E-state index contributed by atoms with van der Waals surface area (Å²) in [6.07, 6.45) is 7.46. The Morgan fingerprint density at radius 3 is 2.62 bits per heavy atom. The fraction of sp³-hybridized carbons (Fsp3) is 0.389. The molecule has 0 saturated heterocycles. The highest BCUT2D eigenvalue weighted by Crippen LogP contribution is 2.40. The number of methoxy groups -OCH3 is 3. The normalized spacial score (nSPS) is 14.0. The Labute approximate surface area is 146 Å². The molecule has 1 aromatic heterocycles. The lowest BCUT2D eigenvalue weighted by atomic mass is 10.1. The van der Waals surface area contributed by atoms with Crippen molar-refractivity contribution in [2.45, 2.75) is 19.3 Å². The van der Waals surface area contributed by atoms with E-state index in [0.717, 1.165) is 23.5 Å². The van der Waals surface area contributed by atoms with E-state index in [-0.39, 0.29) is 0 Å². The van der Waals surface area contributed by atoms with Crippen LogP contribution in [0.5, 0.6) is 17.2 Å². The maximum Gasteiger partial charge on any atom is 0.203 e. The van der Waals surface area contributed by atoms with E-state index in [9.17, 15) is 0 Å². The molecule has 0 spiro atoms. The fourth-order valence-corrected chi connectivity index (χ4v) is 3.73. The van der Waals surface area contributed by atoms with Crippen molar-refractivity contribution in [3.63, 3.8) is 0 Å². The van der Waals surface area contributed by atoms with Gasteiger partial charge in [0, 0.05) is 12.1 Å². The average molecular weight is 346 g/mol. The predicted molar refractivity (Wildman–Crippen MR) is 98.6 cm³/mol. The van der Waals surface area contributed by atoms with Gasteiger partial charge in [0.2, 0.25) is 5.75 Å². The number of benzene rings is 1. The quantitative estimate of drug-likeness (QED) is 0.884. The summed E-state index contributed by atoms with van der Waals surface area (Å²) < 4.78 is 16.3. The van der Waals surface area contributed by atoms with Crippen LogP contribution in [0.25, 0.3) is 12.2 Å². The van der Waals surface area contributed by atoms with E-state index in [1.54, 1.807) is 32.7 Å². The number of anilines is 1. The van der Waals surface area contributed by atoms with Crippen molar-refractivity contribution >= 4 is 28.5 Å². The zero-order valence-corrected chi connectivity index (χ0v) is 15.0. The highest BCUT2D eigenvalue weighted by atomic mass is 32.1. The zero-order valence-electron chi connectivity index (χ0n) is 14.2. The van der Waals surface area contributed by atoms with Crippen molar-refractivity contribution < 1.29 is 14.2 Å². The van der Waals surface area contributed by atoms with Crippen LogP contribution in [0, 0.1) is 0 Å². The summed E-state index contributed by atoms with van der Waals surface area (Å²) in [4.78, 5) is 4.73. The highest BCUT2D eigenvalue weighted by Gasteiger charge is 2.15. The van der Waals surface area contributed by atoms with Gasteiger partial charge in [-0.1, -0.05) is 11.3 Å². The lowest BCUT2D eigenvalue weighted by molar-refractivity contribution is 0.324. The topological polar surface area (TPSA) is 52.6 Å². The maximum atomic E-state index is 5.51. The standard InChI is InChI=1S/C18H22N2O3S/c1-21-14-9-7-12(16(22-2)17(14)23-3)8-10-15-20-13-6-4-5-11-19-18(13)24-15/h7-10,19H,4-6,11H2,1-3H3/b10-8+. The van der Waals surface area contributed by atoms with Gasteiger partial charge in [-0.25, -0.2) is 4.98 Å². The van der Waals surface area contributed by atoms with Crippen molar-refractivity contribution in [3.05, 3.63) is 28.4 Å². The first-order valence-corrected chi connectivity index (χ1v) is 8.79. The number of ether oxygens (including phenoxy) is 3. The first-order chi connectivity index (χ1) is 11.8. The number of hydrogen-bond donors (Lipinski definition) is 1. The van der Waals surface area contributed by atoms with Crippen LogP contribution < -0.4 is 19.5 Å². The molecule has 0 unspecified atom stereocenters. The molecule has 5 nitrogen and oxygen atoms in total. The van der Waals surface area contributed by atoms with Gasteiger partial charge < -0.3 is 19.5 Å². The molecule has 1 aliphatic heterocycles. The van der Waals surface area contributed by atoms with Crippen molar-refractivity contribution in [1.29, 1.82) is 0 Å². The summed E-state index contributed by atoms with van der Waals surface area (Å²) in [5.74, 6) is 1.90. The molecule has 128 valence electrons. The highest BCUT2D eigenvalue weighted by molar-refractivity contribution is 7.16. The molecule has 1 aromatic carbocycles. The van der Waals surface area contributed by atoms with E-state index in [0.29, 0.717) is 17.2 Å².